The summed E-state index contributed by atoms with van der Waals surface area (Å²) in [7, 11) is 0. The van der Waals surface area contributed by atoms with Crippen molar-refractivity contribution >= 4 is 38.4 Å². The summed E-state index contributed by atoms with van der Waals surface area (Å²) in [6.45, 7) is 4.72. The Balaban J connectivity index is 1.24. The number of pyridine rings is 1. The van der Waals surface area contributed by atoms with Crippen LogP contribution in [0.15, 0.2) is 12.3 Å². The van der Waals surface area contributed by atoms with E-state index in [-0.39, 0.29) is 11.8 Å². The molecule has 3 fully saturated rings. The number of anilines is 2. The van der Waals surface area contributed by atoms with Gasteiger partial charge in [0.2, 0.25) is 5.91 Å². The van der Waals surface area contributed by atoms with E-state index in [1.54, 1.807) is 17.5 Å². The molecule has 4 heterocycles. The zero-order valence-corrected chi connectivity index (χ0v) is 16.5. The molecule has 1 amide bonds. The Morgan fingerprint density at radius 2 is 1.85 bits per heavy atom. The third-order valence-corrected chi connectivity index (χ3v) is 7.15. The molecule has 1 N–H and O–H groups in total. The van der Waals surface area contributed by atoms with Crippen LogP contribution < -0.4 is 10.2 Å². The first-order valence-corrected chi connectivity index (χ1v) is 11.1. The van der Waals surface area contributed by atoms with Crippen LogP contribution in [0.2, 0.25) is 0 Å². The fourth-order valence-electron chi connectivity index (χ4n) is 4.31. The van der Waals surface area contributed by atoms with Gasteiger partial charge in [0, 0.05) is 25.0 Å². The zero-order chi connectivity index (χ0) is 18.2. The Bertz CT molecular complexity index is 819. The molecule has 0 spiro atoms. The summed E-state index contributed by atoms with van der Waals surface area (Å²) in [6, 6.07) is 2.77. The molecule has 5 rings (SSSR count). The first-order valence-electron chi connectivity index (χ1n) is 10.3. The van der Waals surface area contributed by atoms with Crippen LogP contribution in [0.5, 0.6) is 0 Å². The normalized spacial score (nSPS) is 22.3. The standard InChI is InChI=1S/C20H27N5OS/c26-19(14-4-5-14)22-15-12-17-18(21-13-15)23-20(27-17)25-10-6-16(7-11-25)24-8-2-1-3-9-24/h12-14,16H,1-11H2,(H,22,26). The number of nitrogens with zero attached hydrogens (tertiary/aromatic N) is 4. The van der Waals surface area contributed by atoms with Crippen LogP contribution in [-0.4, -0.2) is 53.0 Å². The van der Waals surface area contributed by atoms with Gasteiger partial charge in [0.05, 0.1) is 16.6 Å². The average molecular weight is 386 g/mol. The summed E-state index contributed by atoms with van der Waals surface area (Å²) >= 11 is 1.69. The molecule has 144 valence electrons. The molecule has 2 aromatic heterocycles. The largest absolute Gasteiger partial charge is 0.348 e. The van der Waals surface area contributed by atoms with Crippen LogP contribution in [0.1, 0.15) is 44.9 Å². The van der Waals surface area contributed by atoms with E-state index in [2.05, 4.69) is 20.1 Å². The molecule has 7 heteroatoms. The third-order valence-electron chi connectivity index (χ3n) is 6.09. The molecule has 0 bridgehead atoms. The Morgan fingerprint density at radius 1 is 1.07 bits per heavy atom. The lowest BCUT2D eigenvalue weighted by molar-refractivity contribution is -0.117. The Hall–Kier alpha value is -1.73. The topological polar surface area (TPSA) is 61.4 Å². The predicted molar refractivity (Wildman–Crippen MR) is 109 cm³/mol. The Labute approximate surface area is 164 Å². The summed E-state index contributed by atoms with van der Waals surface area (Å²) in [5.41, 5.74) is 1.58. The van der Waals surface area contributed by atoms with Crippen LogP contribution in [0, 0.1) is 5.92 Å². The summed E-state index contributed by atoms with van der Waals surface area (Å²) in [6.07, 6.45) is 10.3. The SMILES string of the molecule is O=C(Nc1cnc2nc(N3CCC(N4CCCCC4)CC3)sc2c1)C1CC1. The third kappa shape index (κ3) is 3.80. The maximum atomic E-state index is 12.0. The highest BCUT2D eigenvalue weighted by atomic mass is 32.1. The van der Waals surface area contributed by atoms with Crippen molar-refractivity contribution in [1.82, 2.24) is 14.9 Å². The number of fused-ring (bicyclic) bond motifs is 1. The van der Waals surface area contributed by atoms with Crippen molar-refractivity contribution < 1.29 is 4.79 Å². The molecule has 0 aromatic carbocycles. The van der Waals surface area contributed by atoms with Gasteiger partial charge < -0.3 is 15.1 Å². The molecular formula is C20H27N5OS. The fraction of sp³-hybridized carbons (Fsp3) is 0.650. The molecule has 6 nitrogen and oxygen atoms in total. The van der Waals surface area contributed by atoms with E-state index in [9.17, 15) is 4.79 Å². The van der Waals surface area contributed by atoms with E-state index in [4.69, 9.17) is 4.98 Å². The fourth-order valence-corrected chi connectivity index (χ4v) is 5.32. The van der Waals surface area contributed by atoms with E-state index < -0.39 is 0 Å². The molecule has 0 unspecified atom stereocenters. The minimum absolute atomic E-state index is 0.126. The van der Waals surface area contributed by atoms with Crippen molar-refractivity contribution in [2.24, 2.45) is 5.92 Å². The van der Waals surface area contributed by atoms with Crippen LogP contribution in [0.4, 0.5) is 10.8 Å². The second-order valence-electron chi connectivity index (χ2n) is 8.12. The quantitative estimate of drug-likeness (QED) is 0.873. The molecule has 3 aliphatic rings. The van der Waals surface area contributed by atoms with Crippen molar-refractivity contribution in [2.45, 2.75) is 51.0 Å². The Morgan fingerprint density at radius 3 is 2.59 bits per heavy atom. The van der Waals surface area contributed by atoms with Gasteiger partial charge in [-0.2, -0.15) is 4.98 Å². The number of thiazole rings is 1. The number of hydrogen-bond donors (Lipinski definition) is 1. The monoisotopic (exact) mass is 385 g/mol. The summed E-state index contributed by atoms with van der Waals surface area (Å²) in [4.78, 5) is 26.3. The second kappa shape index (κ2) is 7.36. The van der Waals surface area contributed by atoms with Gasteiger partial charge >= 0.3 is 0 Å². The lowest BCUT2D eigenvalue weighted by Gasteiger charge is -2.40. The number of amides is 1. The smallest absolute Gasteiger partial charge is 0.227 e. The number of likely N-dealkylation sites (tertiary alicyclic amines) is 1. The summed E-state index contributed by atoms with van der Waals surface area (Å²) in [5.74, 6) is 0.333. The van der Waals surface area contributed by atoms with E-state index >= 15 is 0 Å². The van der Waals surface area contributed by atoms with Crippen LogP contribution in [0.3, 0.4) is 0 Å². The number of carbonyl (C=O) groups is 1. The van der Waals surface area contributed by atoms with Gasteiger partial charge in [0.1, 0.15) is 0 Å². The van der Waals surface area contributed by atoms with Crippen molar-refractivity contribution in [3.63, 3.8) is 0 Å². The van der Waals surface area contributed by atoms with E-state index in [0.717, 1.165) is 53.1 Å². The second-order valence-corrected chi connectivity index (χ2v) is 9.13. The first kappa shape index (κ1) is 17.4. The highest BCUT2D eigenvalue weighted by molar-refractivity contribution is 7.22. The predicted octanol–water partition coefficient (Wildman–Crippen LogP) is 3.49. The molecule has 2 aliphatic heterocycles. The van der Waals surface area contributed by atoms with Crippen molar-refractivity contribution in [1.29, 1.82) is 0 Å². The highest BCUT2D eigenvalue weighted by Gasteiger charge is 2.30. The molecule has 0 radical (unpaired) electrons. The molecule has 2 saturated heterocycles. The van der Waals surface area contributed by atoms with Crippen molar-refractivity contribution in [3.05, 3.63) is 12.3 Å². The van der Waals surface area contributed by atoms with Gasteiger partial charge in [-0.3, -0.25) is 4.79 Å². The molecule has 1 aliphatic carbocycles. The van der Waals surface area contributed by atoms with E-state index in [0.29, 0.717) is 0 Å². The van der Waals surface area contributed by atoms with Gasteiger partial charge in [-0.15, -0.1) is 0 Å². The Kier molecular flexibility index (Phi) is 4.73. The number of aromatic nitrogens is 2. The van der Waals surface area contributed by atoms with Crippen molar-refractivity contribution in [2.75, 3.05) is 36.4 Å². The maximum Gasteiger partial charge on any atom is 0.227 e. The first-order chi connectivity index (χ1) is 13.3. The minimum atomic E-state index is 0.126. The van der Waals surface area contributed by atoms with E-state index in [1.807, 2.05) is 6.07 Å². The number of carbonyl (C=O) groups excluding carboxylic acids is 1. The number of rotatable bonds is 4. The summed E-state index contributed by atoms with van der Waals surface area (Å²) in [5, 5.41) is 4.05. The lowest BCUT2D eigenvalue weighted by atomic mass is 10.0. The van der Waals surface area contributed by atoms with Crippen LogP contribution >= 0.6 is 11.3 Å². The van der Waals surface area contributed by atoms with Gasteiger partial charge in [-0.25, -0.2) is 4.98 Å². The zero-order valence-electron chi connectivity index (χ0n) is 15.7. The average Bonchev–Trinajstić information content (AvgIpc) is 3.48. The lowest BCUT2D eigenvalue weighted by Crippen LogP contribution is -2.46. The summed E-state index contributed by atoms with van der Waals surface area (Å²) < 4.78 is 1.05. The number of hydrogen-bond acceptors (Lipinski definition) is 6. The van der Waals surface area contributed by atoms with Crippen LogP contribution in [0.25, 0.3) is 10.3 Å². The molecular weight excluding hydrogens is 358 g/mol. The molecule has 1 saturated carbocycles. The number of piperidine rings is 2. The number of nitrogens with one attached hydrogen (secondary N) is 1. The van der Waals surface area contributed by atoms with E-state index in [1.165, 1.54) is 45.2 Å². The van der Waals surface area contributed by atoms with Gasteiger partial charge in [0.25, 0.3) is 0 Å². The highest BCUT2D eigenvalue weighted by Crippen LogP contribution is 2.33. The molecule has 27 heavy (non-hydrogen) atoms. The minimum Gasteiger partial charge on any atom is -0.348 e. The molecule has 0 atom stereocenters. The van der Waals surface area contributed by atoms with Crippen LogP contribution in [-0.2, 0) is 4.79 Å². The van der Waals surface area contributed by atoms with Gasteiger partial charge in [-0.1, -0.05) is 17.8 Å². The molecule has 2 aromatic rings. The van der Waals surface area contributed by atoms with Gasteiger partial charge in [-0.05, 0) is 57.7 Å². The van der Waals surface area contributed by atoms with Gasteiger partial charge in [0.15, 0.2) is 10.8 Å². The maximum absolute atomic E-state index is 12.0. The van der Waals surface area contributed by atoms with Crippen molar-refractivity contribution in [3.8, 4) is 0 Å².